The van der Waals surface area contributed by atoms with E-state index in [9.17, 15) is 9.18 Å². The highest BCUT2D eigenvalue weighted by Gasteiger charge is 2.25. The number of benzene rings is 2. The SMILES string of the molecule is CC(CNc1nc(-c2nccc3c2N=C(COc2ccc(F)c(Cl)c2)CC3=O)cs1)Oc1ccccc1. The van der Waals surface area contributed by atoms with Gasteiger partial charge in [-0.05, 0) is 37.3 Å². The molecule has 2 aromatic carbocycles. The lowest BCUT2D eigenvalue weighted by molar-refractivity contribution is 0.0998. The van der Waals surface area contributed by atoms with E-state index < -0.39 is 5.82 Å². The fraction of sp³-hybridized carbons (Fsp3) is 0.185. The van der Waals surface area contributed by atoms with Gasteiger partial charge in [0, 0.05) is 23.2 Å². The number of aromatic nitrogens is 2. The predicted molar refractivity (Wildman–Crippen MR) is 143 cm³/mol. The summed E-state index contributed by atoms with van der Waals surface area (Å²) in [6, 6.07) is 15.4. The molecule has 1 atom stereocenters. The summed E-state index contributed by atoms with van der Waals surface area (Å²) in [5, 5.41) is 5.84. The van der Waals surface area contributed by atoms with E-state index in [4.69, 9.17) is 21.1 Å². The van der Waals surface area contributed by atoms with Gasteiger partial charge in [-0.1, -0.05) is 29.8 Å². The fourth-order valence-corrected chi connectivity index (χ4v) is 4.62. The molecular formula is C27H22ClFN4O3S. The maximum atomic E-state index is 13.4. The molecule has 7 nitrogen and oxygen atoms in total. The molecule has 1 aliphatic heterocycles. The van der Waals surface area contributed by atoms with E-state index in [-0.39, 0.29) is 29.9 Å². The Morgan fingerprint density at radius 3 is 2.81 bits per heavy atom. The highest BCUT2D eigenvalue weighted by molar-refractivity contribution is 7.14. The van der Waals surface area contributed by atoms with Gasteiger partial charge >= 0.3 is 0 Å². The number of rotatable bonds is 9. The molecule has 0 radical (unpaired) electrons. The number of Topliss-reactive ketones (excluding diaryl/α,β-unsaturated/α-hetero) is 1. The Balaban J connectivity index is 1.29. The van der Waals surface area contributed by atoms with E-state index >= 15 is 0 Å². The Kier molecular flexibility index (Phi) is 7.43. The number of aliphatic imine (C=N–C) groups is 1. The maximum absolute atomic E-state index is 13.4. The van der Waals surface area contributed by atoms with Crippen molar-refractivity contribution in [1.29, 1.82) is 0 Å². The van der Waals surface area contributed by atoms with Crippen molar-refractivity contribution in [3.05, 3.63) is 82.6 Å². The van der Waals surface area contributed by atoms with Crippen LogP contribution in [0.3, 0.4) is 0 Å². The minimum atomic E-state index is -0.529. The molecule has 0 amide bonds. The van der Waals surface area contributed by atoms with Crippen molar-refractivity contribution in [1.82, 2.24) is 9.97 Å². The van der Waals surface area contributed by atoms with Crippen LogP contribution in [0.4, 0.5) is 15.2 Å². The Hall–Kier alpha value is -3.82. The van der Waals surface area contributed by atoms with E-state index in [1.807, 2.05) is 42.6 Å². The zero-order chi connectivity index (χ0) is 25.8. The van der Waals surface area contributed by atoms with Gasteiger partial charge in [0.05, 0.1) is 23.7 Å². The topological polar surface area (TPSA) is 85.7 Å². The molecule has 5 rings (SSSR count). The smallest absolute Gasteiger partial charge is 0.183 e. The van der Waals surface area contributed by atoms with Crippen LogP contribution in [0, 0.1) is 5.82 Å². The summed E-state index contributed by atoms with van der Waals surface area (Å²) in [4.78, 5) is 26.7. The van der Waals surface area contributed by atoms with Gasteiger partial charge < -0.3 is 14.8 Å². The number of carbonyl (C=O) groups excluding carboxylic acids is 1. The molecule has 3 heterocycles. The largest absolute Gasteiger partial charge is 0.489 e. The van der Waals surface area contributed by atoms with Gasteiger partial charge in [-0.3, -0.25) is 14.8 Å². The molecule has 0 spiro atoms. The van der Waals surface area contributed by atoms with Gasteiger partial charge in [0.15, 0.2) is 10.9 Å². The first-order valence-corrected chi connectivity index (χ1v) is 12.8. The highest BCUT2D eigenvalue weighted by Crippen LogP contribution is 2.36. The number of carbonyl (C=O) groups is 1. The third kappa shape index (κ3) is 5.95. The monoisotopic (exact) mass is 536 g/mol. The highest BCUT2D eigenvalue weighted by atomic mass is 35.5. The number of thiazole rings is 1. The first-order chi connectivity index (χ1) is 18.0. The van der Waals surface area contributed by atoms with Crippen LogP contribution in [0.25, 0.3) is 11.4 Å². The van der Waals surface area contributed by atoms with Gasteiger partial charge in [-0.15, -0.1) is 11.3 Å². The second kappa shape index (κ2) is 11.1. The zero-order valence-electron chi connectivity index (χ0n) is 19.8. The molecule has 0 fully saturated rings. The minimum absolute atomic E-state index is 0.0371. The van der Waals surface area contributed by atoms with Gasteiger partial charge in [-0.25, -0.2) is 9.37 Å². The van der Waals surface area contributed by atoms with Crippen LogP contribution in [-0.4, -0.2) is 40.7 Å². The lowest BCUT2D eigenvalue weighted by atomic mass is 9.99. The number of nitrogens with one attached hydrogen (secondary N) is 1. The summed E-state index contributed by atoms with van der Waals surface area (Å²) >= 11 is 7.26. The summed E-state index contributed by atoms with van der Waals surface area (Å²) in [5.74, 6) is 0.588. The number of anilines is 1. The standard InChI is InChI=1S/C27H22ClFN4O3S/c1-16(36-18-5-3-2-4-6-18)13-31-27-33-23(15-37-27)26-25-20(9-10-30-26)24(34)11-17(32-25)14-35-19-7-8-22(29)21(28)12-19/h2-10,12,15-16H,11,13-14H2,1H3,(H,31,33). The van der Waals surface area contributed by atoms with E-state index in [0.29, 0.717) is 45.8 Å². The first-order valence-electron chi connectivity index (χ1n) is 11.5. The second-order valence-corrected chi connectivity index (χ2v) is 9.62. The van der Waals surface area contributed by atoms with Gasteiger partial charge in [0.1, 0.15) is 47.1 Å². The Morgan fingerprint density at radius 1 is 1.16 bits per heavy atom. The van der Waals surface area contributed by atoms with Gasteiger partial charge in [0.2, 0.25) is 0 Å². The number of ketones is 1. The maximum Gasteiger partial charge on any atom is 0.183 e. The number of hydrogen-bond acceptors (Lipinski definition) is 8. The molecule has 0 saturated carbocycles. The van der Waals surface area contributed by atoms with Crippen molar-refractivity contribution >= 4 is 45.3 Å². The lowest BCUT2D eigenvalue weighted by Gasteiger charge is -2.17. The number of fused-ring (bicyclic) bond motifs is 1. The third-order valence-electron chi connectivity index (χ3n) is 5.52. The summed E-state index contributed by atoms with van der Waals surface area (Å²) in [6.07, 6.45) is 1.64. The van der Waals surface area contributed by atoms with Crippen molar-refractivity contribution < 1.29 is 18.7 Å². The molecule has 37 heavy (non-hydrogen) atoms. The van der Waals surface area contributed by atoms with Crippen LogP contribution in [-0.2, 0) is 0 Å². The van der Waals surface area contributed by atoms with Crippen LogP contribution in [0.1, 0.15) is 23.7 Å². The lowest BCUT2D eigenvalue weighted by Crippen LogP contribution is -2.22. The quantitative estimate of drug-likeness (QED) is 0.259. The summed E-state index contributed by atoms with van der Waals surface area (Å²) in [7, 11) is 0. The van der Waals surface area contributed by atoms with E-state index in [1.54, 1.807) is 12.3 Å². The Morgan fingerprint density at radius 2 is 2.00 bits per heavy atom. The summed E-state index contributed by atoms with van der Waals surface area (Å²) in [5.41, 5.74) is 2.63. The molecule has 2 aromatic heterocycles. The van der Waals surface area contributed by atoms with E-state index in [1.165, 1.54) is 29.5 Å². The number of halogens is 2. The van der Waals surface area contributed by atoms with E-state index in [2.05, 4.69) is 20.3 Å². The number of para-hydroxylation sites is 1. The molecule has 0 bridgehead atoms. The average molecular weight is 537 g/mol. The minimum Gasteiger partial charge on any atom is -0.489 e. The number of nitrogens with zero attached hydrogens (tertiary/aromatic N) is 3. The number of hydrogen-bond donors (Lipinski definition) is 1. The van der Waals surface area contributed by atoms with Crippen molar-refractivity contribution in [2.24, 2.45) is 4.99 Å². The first kappa shape index (κ1) is 24.9. The molecule has 1 N–H and O–H groups in total. The normalized spacial score (nSPS) is 13.5. The summed E-state index contributed by atoms with van der Waals surface area (Å²) in [6.45, 7) is 2.60. The van der Waals surface area contributed by atoms with Crippen LogP contribution in [0.5, 0.6) is 11.5 Å². The van der Waals surface area contributed by atoms with Crippen LogP contribution >= 0.6 is 22.9 Å². The molecule has 10 heteroatoms. The third-order valence-corrected chi connectivity index (χ3v) is 6.61. The van der Waals surface area contributed by atoms with Crippen molar-refractivity contribution in [3.8, 4) is 22.9 Å². The number of ether oxygens (including phenoxy) is 2. The molecule has 0 saturated heterocycles. The van der Waals surface area contributed by atoms with Gasteiger partial charge in [0.25, 0.3) is 0 Å². The molecular weight excluding hydrogens is 515 g/mol. The predicted octanol–water partition coefficient (Wildman–Crippen LogP) is 6.61. The van der Waals surface area contributed by atoms with Crippen molar-refractivity contribution in [3.63, 3.8) is 0 Å². The molecule has 4 aromatic rings. The van der Waals surface area contributed by atoms with Gasteiger partial charge in [-0.2, -0.15) is 0 Å². The fourth-order valence-electron chi connectivity index (χ4n) is 3.74. The van der Waals surface area contributed by atoms with E-state index in [0.717, 1.165) is 5.75 Å². The molecule has 188 valence electrons. The average Bonchev–Trinajstić information content (AvgIpc) is 3.37. The second-order valence-electron chi connectivity index (χ2n) is 8.36. The van der Waals surface area contributed by atoms with Crippen LogP contribution in [0.2, 0.25) is 5.02 Å². The van der Waals surface area contributed by atoms with Crippen LogP contribution < -0.4 is 14.8 Å². The zero-order valence-corrected chi connectivity index (χ0v) is 21.4. The molecule has 1 unspecified atom stereocenters. The Labute approximate surface area is 222 Å². The molecule has 1 aliphatic rings. The van der Waals surface area contributed by atoms with Crippen LogP contribution in [0.15, 0.2) is 71.2 Å². The number of pyridine rings is 1. The summed E-state index contributed by atoms with van der Waals surface area (Å²) < 4.78 is 25.0. The molecule has 0 aliphatic carbocycles. The Bertz CT molecular complexity index is 1460. The van der Waals surface area contributed by atoms with Crippen molar-refractivity contribution in [2.75, 3.05) is 18.5 Å². The van der Waals surface area contributed by atoms with Crippen molar-refractivity contribution in [2.45, 2.75) is 19.4 Å².